The summed E-state index contributed by atoms with van der Waals surface area (Å²) in [5.41, 5.74) is -1.26. The van der Waals surface area contributed by atoms with Crippen LogP contribution in [0, 0.1) is 11.8 Å². The molecule has 0 radical (unpaired) electrons. The highest BCUT2D eigenvalue weighted by Gasteiger charge is 2.55. The largest absolute Gasteiger partial charge is 0.462 e. The lowest BCUT2D eigenvalue weighted by molar-refractivity contribution is -0.345. The van der Waals surface area contributed by atoms with Crippen molar-refractivity contribution >= 4 is 41.9 Å². The van der Waals surface area contributed by atoms with Gasteiger partial charge in [-0.1, -0.05) is 39.0 Å². The van der Waals surface area contributed by atoms with Gasteiger partial charge in [0.2, 0.25) is 0 Å². The Labute approximate surface area is 388 Å². The molecule has 66 heavy (non-hydrogen) atoms. The molecule has 19 nitrogen and oxygen atoms in total. The van der Waals surface area contributed by atoms with E-state index < -0.39 is 133 Å². The third kappa shape index (κ3) is 15.5. The standard InChI is InChI=1S/C47H73NO18/c1-14-35(53)62-34-23-37(55)58-26(4)18-16-17-19-33(27(5)50)40(56)25(3)22-32(20-21-49)42(43(34)57-13)65-46-44(61-30(8)51)39(48(11)12)41(28(6)60-46)64-38-24-47(10,66-31(9)52)45(29(7)59-38)63-36(54)15-2/h16-17,19,21,25-26,28-29,32,34,38-46,56H,14-15,18,20,22-24H2,1-13H3/b17-16+,33-19+/t25-,26-,28-,29+,32?,34?,38+,39+,40-,41-,42+,43+,44-,45+,46+,47-/m1/s1. The minimum atomic E-state index is -1.44. The number of rotatable bonds is 15. The lowest BCUT2D eigenvalue weighted by Gasteiger charge is -2.51. The fraction of sp³-hybridized carbons (Fsp3) is 0.766. The van der Waals surface area contributed by atoms with Crippen molar-refractivity contribution in [2.24, 2.45) is 11.8 Å². The number of nitrogens with zero attached hydrogens (tertiary/aromatic N) is 1. The molecule has 3 aliphatic rings. The molecule has 3 aliphatic heterocycles. The zero-order valence-corrected chi connectivity index (χ0v) is 40.8. The molecular weight excluding hydrogens is 867 g/mol. The molecule has 0 spiro atoms. The number of methoxy groups -OCH3 is 1. The normalized spacial score (nSPS) is 37.3. The van der Waals surface area contributed by atoms with Crippen LogP contribution in [0.3, 0.4) is 0 Å². The minimum Gasteiger partial charge on any atom is -0.462 e. The number of ether oxygens (including phenoxy) is 10. The first-order chi connectivity index (χ1) is 31.0. The molecule has 0 aliphatic carbocycles. The van der Waals surface area contributed by atoms with Gasteiger partial charge in [-0.05, 0) is 67.0 Å². The molecule has 3 heterocycles. The second kappa shape index (κ2) is 25.9. The van der Waals surface area contributed by atoms with E-state index in [9.17, 15) is 38.7 Å². The van der Waals surface area contributed by atoms with Gasteiger partial charge in [-0.25, -0.2) is 0 Å². The van der Waals surface area contributed by atoms with Crippen molar-refractivity contribution in [3.63, 3.8) is 0 Å². The van der Waals surface area contributed by atoms with E-state index in [2.05, 4.69) is 0 Å². The highest BCUT2D eigenvalue weighted by molar-refractivity contribution is 5.94. The van der Waals surface area contributed by atoms with Crippen molar-refractivity contribution in [3.05, 3.63) is 23.8 Å². The summed E-state index contributed by atoms with van der Waals surface area (Å²) in [6.45, 7) is 15.4. The molecule has 0 bridgehead atoms. The number of aliphatic hydroxyl groups is 1. The molecule has 0 aromatic heterocycles. The van der Waals surface area contributed by atoms with Gasteiger partial charge in [0, 0.05) is 58.6 Å². The average Bonchev–Trinajstić information content (AvgIpc) is 3.21. The van der Waals surface area contributed by atoms with Gasteiger partial charge in [0.15, 0.2) is 36.2 Å². The zero-order valence-electron chi connectivity index (χ0n) is 40.8. The molecule has 2 unspecified atom stereocenters. The summed E-state index contributed by atoms with van der Waals surface area (Å²) >= 11 is 0. The van der Waals surface area contributed by atoms with E-state index in [0.717, 1.165) is 0 Å². The Bertz CT molecular complexity index is 1730. The fourth-order valence-electron chi connectivity index (χ4n) is 8.97. The SMILES string of the molecule is CCC(=O)OC1CC(=O)O[C@H](C)C/C=C/C=C(\C(C)=O)[C@H](O)[C@H](C)CC(CC=O)[C@H](O[C@@H]2O[C@H](C)[C@@H](O[C@H]3C[C@@](C)(OC(C)=O)[C@@H](OC(=O)CC)[C@H](C)O3)[C@H](N(C)C)[C@H]2OC(C)=O)[C@H]1OC. The maximum absolute atomic E-state index is 13.6. The van der Waals surface area contributed by atoms with Crippen molar-refractivity contribution in [3.8, 4) is 0 Å². The van der Waals surface area contributed by atoms with Crippen molar-refractivity contribution in [2.45, 2.75) is 199 Å². The van der Waals surface area contributed by atoms with E-state index in [0.29, 0.717) is 6.29 Å². The Morgan fingerprint density at radius 1 is 0.879 bits per heavy atom. The van der Waals surface area contributed by atoms with E-state index in [1.165, 1.54) is 34.0 Å². The molecule has 2 fully saturated rings. The zero-order chi connectivity index (χ0) is 49.6. The third-order valence-corrected chi connectivity index (χ3v) is 12.1. The second-order valence-electron chi connectivity index (χ2n) is 17.8. The van der Waals surface area contributed by atoms with Crippen LogP contribution >= 0.6 is 0 Å². The summed E-state index contributed by atoms with van der Waals surface area (Å²) in [6, 6.07) is -0.851. The van der Waals surface area contributed by atoms with E-state index in [1.807, 2.05) is 0 Å². The van der Waals surface area contributed by atoms with Crippen molar-refractivity contribution in [1.82, 2.24) is 4.90 Å². The maximum atomic E-state index is 13.6. The summed E-state index contributed by atoms with van der Waals surface area (Å²) in [7, 11) is 4.77. The highest BCUT2D eigenvalue weighted by Crippen LogP contribution is 2.40. The van der Waals surface area contributed by atoms with Crippen LogP contribution in [-0.2, 0) is 80.9 Å². The molecule has 19 heteroatoms. The number of cyclic esters (lactones) is 1. The minimum absolute atomic E-state index is 0.0326. The van der Waals surface area contributed by atoms with Crippen LogP contribution in [0.15, 0.2) is 23.8 Å². The molecule has 374 valence electrons. The number of allylic oxidation sites excluding steroid dienone is 2. The predicted molar refractivity (Wildman–Crippen MR) is 234 cm³/mol. The van der Waals surface area contributed by atoms with Crippen LogP contribution in [0.5, 0.6) is 0 Å². The van der Waals surface area contributed by atoms with Crippen molar-refractivity contribution in [1.29, 1.82) is 0 Å². The Hall–Kier alpha value is -4.11. The third-order valence-electron chi connectivity index (χ3n) is 12.1. The van der Waals surface area contributed by atoms with Gasteiger partial charge in [0.1, 0.15) is 30.7 Å². The molecule has 16 atom stereocenters. The number of carbonyl (C=O) groups excluding carboxylic acids is 7. The van der Waals surface area contributed by atoms with Gasteiger partial charge in [-0.15, -0.1) is 0 Å². The predicted octanol–water partition coefficient (Wildman–Crippen LogP) is 3.87. The van der Waals surface area contributed by atoms with Crippen molar-refractivity contribution in [2.75, 3.05) is 21.2 Å². The van der Waals surface area contributed by atoms with Crippen LogP contribution in [0.2, 0.25) is 0 Å². The summed E-state index contributed by atoms with van der Waals surface area (Å²) in [6.07, 6.45) is -8.23. The smallest absolute Gasteiger partial charge is 0.309 e. The number of aldehydes is 1. The molecule has 3 rings (SSSR count). The number of esters is 5. The number of likely N-dealkylation sites (N-methyl/N-ethyl adjacent to an activating group) is 1. The van der Waals surface area contributed by atoms with E-state index in [1.54, 1.807) is 79.6 Å². The number of hydrogen-bond acceptors (Lipinski definition) is 19. The monoisotopic (exact) mass is 939 g/mol. The lowest BCUT2D eigenvalue weighted by atomic mass is 9.80. The second-order valence-corrected chi connectivity index (χ2v) is 17.8. The van der Waals surface area contributed by atoms with E-state index in [-0.39, 0.29) is 49.9 Å². The molecular formula is C47H73NO18. The van der Waals surface area contributed by atoms with E-state index >= 15 is 0 Å². The first-order valence-electron chi connectivity index (χ1n) is 22.8. The summed E-state index contributed by atoms with van der Waals surface area (Å²) in [4.78, 5) is 91.6. The van der Waals surface area contributed by atoms with Crippen LogP contribution in [0.1, 0.15) is 114 Å². The summed E-state index contributed by atoms with van der Waals surface area (Å²) in [5.74, 6) is -5.17. The van der Waals surface area contributed by atoms with Gasteiger partial charge >= 0.3 is 29.8 Å². The van der Waals surface area contributed by atoms with Crippen LogP contribution < -0.4 is 0 Å². The number of carbonyl (C=O) groups is 7. The first-order valence-corrected chi connectivity index (χ1v) is 22.8. The molecule has 2 saturated heterocycles. The topological polar surface area (TPSA) is 235 Å². The number of hydrogen-bond donors (Lipinski definition) is 1. The Morgan fingerprint density at radius 2 is 1.53 bits per heavy atom. The molecule has 0 saturated carbocycles. The average molecular weight is 940 g/mol. The molecule has 0 aromatic carbocycles. The van der Waals surface area contributed by atoms with Gasteiger partial charge in [0.25, 0.3) is 0 Å². The quantitative estimate of drug-likeness (QED) is 0.139. The Kier molecular flexibility index (Phi) is 22.0. The fourth-order valence-corrected chi connectivity index (χ4v) is 8.97. The van der Waals surface area contributed by atoms with Crippen molar-refractivity contribution < 1.29 is 86.0 Å². The summed E-state index contributed by atoms with van der Waals surface area (Å²) < 4.78 is 61.5. The maximum Gasteiger partial charge on any atom is 0.309 e. The Morgan fingerprint density at radius 3 is 2.09 bits per heavy atom. The highest BCUT2D eigenvalue weighted by atomic mass is 16.7. The first kappa shape index (κ1) is 56.2. The molecule has 0 aromatic rings. The van der Waals surface area contributed by atoms with Crippen LogP contribution in [0.25, 0.3) is 0 Å². The molecule has 1 N–H and O–H groups in total. The van der Waals surface area contributed by atoms with Gasteiger partial charge in [-0.2, -0.15) is 0 Å². The van der Waals surface area contributed by atoms with Crippen LogP contribution in [-0.4, -0.2) is 158 Å². The number of aliphatic hydroxyl groups excluding tert-OH is 1. The summed E-state index contributed by atoms with van der Waals surface area (Å²) in [5, 5.41) is 11.6. The Balaban J connectivity index is 2.19. The van der Waals surface area contributed by atoms with Gasteiger partial charge < -0.3 is 62.2 Å². The number of Topliss-reactive ketones (excluding diaryl/α,β-unsaturated/α-hetero) is 1. The van der Waals surface area contributed by atoms with Gasteiger partial charge in [-0.3, -0.25) is 28.8 Å². The number of ketones is 1. The molecule has 0 amide bonds. The lowest BCUT2D eigenvalue weighted by Crippen LogP contribution is -2.67. The van der Waals surface area contributed by atoms with Gasteiger partial charge in [0.05, 0.1) is 36.9 Å². The van der Waals surface area contributed by atoms with E-state index in [4.69, 9.17) is 47.4 Å². The van der Waals surface area contributed by atoms with Crippen LogP contribution in [0.4, 0.5) is 0 Å².